The van der Waals surface area contributed by atoms with Gasteiger partial charge in [-0.05, 0) is 29.8 Å². The lowest BCUT2D eigenvalue weighted by atomic mass is 10.1. The van der Waals surface area contributed by atoms with Crippen LogP contribution in [0, 0.1) is 5.82 Å². The van der Waals surface area contributed by atoms with Crippen molar-refractivity contribution < 1.29 is 9.13 Å². The molecular weight excluding hydrogens is 337 g/mol. The summed E-state index contributed by atoms with van der Waals surface area (Å²) in [5.74, 6) is 1.01. The molecule has 2 N–H and O–H groups in total. The van der Waals surface area contributed by atoms with E-state index in [9.17, 15) is 4.39 Å². The molecule has 1 aromatic heterocycles. The molecule has 4 nitrogen and oxygen atoms in total. The van der Waals surface area contributed by atoms with Gasteiger partial charge in [-0.1, -0.05) is 36.0 Å². The molecule has 1 heterocycles. The van der Waals surface area contributed by atoms with Crippen molar-refractivity contribution in [1.29, 1.82) is 0 Å². The van der Waals surface area contributed by atoms with Crippen molar-refractivity contribution in [3.05, 3.63) is 71.7 Å². The van der Waals surface area contributed by atoms with E-state index in [0.717, 1.165) is 27.8 Å². The molecule has 0 saturated carbocycles. The van der Waals surface area contributed by atoms with Gasteiger partial charge in [-0.3, -0.25) is 9.98 Å². The number of benzene rings is 2. The number of hydrogen-bond donors (Lipinski definition) is 1. The van der Waals surface area contributed by atoms with Gasteiger partial charge in [0.25, 0.3) is 0 Å². The van der Waals surface area contributed by atoms with Crippen molar-refractivity contribution in [1.82, 2.24) is 4.98 Å². The summed E-state index contributed by atoms with van der Waals surface area (Å²) in [6, 6.07) is 14.3. The quantitative estimate of drug-likeness (QED) is 0.552. The van der Waals surface area contributed by atoms with E-state index < -0.39 is 0 Å². The fourth-order valence-electron chi connectivity index (χ4n) is 2.53. The summed E-state index contributed by atoms with van der Waals surface area (Å²) in [5.41, 5.74) is 8.55. The third-order valence-corrected chi connectivity index (χ3v) is 4.60. The number of hydrogen-bond acceptors (Lipinski definition) is 4. The van der Waals surface area contributed by atoms with E-state index in [-0.39, 0.29) is 5.82 Å². The van der Waals surface area contributed by atoms with Crippen LogP contribution in [0.3, 0.4) is 0 Å². The van der Waals surface area contributed by atoms with E-state index in [1.54, 1.807) is 19.4 Å². The molecule has 0 spiro atoms. The fraction of sp³-hybridized carbons (Fsp3) is 0.158. The van der Waals surface area contributed by atoms with Gasteiger partial charge in [-0.15, -0.1) is 0 Å². The highest BCUT2D eigenvalue weighted by molar-refractivity contribution is 8.13. The minimum Gasteiger partial charge on any atom is -0.496 e. The minimum atomic E-state index is -0.277. The first kappa shape index (κ1) is 17.2. The van der Waals surface area contributed by atoms with Crippen molar-refractivity contribution in [2.75, 3.05) is 7.11 Å². The maximum absolute atomic E-state index is 13.8. The maximum atomic E-state index is 13.8. The molecule has 3 aromatic rings. The van der Waals surface area contributed by atoms with Crippen LogP contribution in [0.2, 0.25) is 0 Å². The van der Waals surface area contributed by atoms with Crippen molar-refractivity contribution in [3.63, 3.8) is 0 Å². The number of methoxy groups -OCH3 is 1. The van der Waals surface area contributed by atoms with Crippen LogP contribution in [0.15, 0.2) is 59.7 Å². The Hall–Kier alpha value is -2.60. The number of halogens is 1. The largest absolute Gasteiger partial charge is 0.496 e. The molecule has 2 aromatic carbocycles. The van der Waals surface area contributed by atoms with Crippen LogP contribution in [0.4, 0.5) is 4.39 Å². The second-order valence-corrected chi connectivity index (χ2v) is 6.39. The number of amidine groups is 1. The monoisotopic (exact) mass is 355 g/mol. The molecule has 0 unspecified atom stereocenters. The zero-order chi connectivity index (χ0) is 17.6. The summed E-state index contributed by atoms with van der Waals surface area (Å²) in [7, 11) is 1.63. The van der Waals surface area contributed by atoms with E-state index in [2.05, 4.69) is 9.98 Å². The number of nitrogens with zero attached hydrogens (tertiary/aromatic N) is 2. The molecule has 0 saturated heterocycles. The van der Waals surface area contributed by atoms with Crippen LogP contribution < -0.4 is 10.5 Å². The molecule has 0 aliphatic rings. The SMILES string of the molecule is COc1ccccc1CN=C(N)SCc1cc(F)cc2cccnc12. The molecule has 0 aliphatic heterocycles. The first-order valence-corrected chi connectivity index (χ1v) is 8.73. The van der Waals surface area contributed by atoms with Crippen molar-refractivity contribution >= 4 is 27.8 Å². The first-order valence-electron chi connectivity index (χ1n) is 7.75. The zero-order valence-electron chi connectivity index (χ0n) is 13.8. The molecular formula is C19H18FN3OS. The van der Waals surface area contributed by atoms with Gasteiger partial charge in [0.2, 0.25) is 0 Å². The van der Waals surface area contributed by atoms with Gasteiger partial charge in [-0.2, -0.15) is 0 Å². The van der Waals surface area contributed by atoms with Gasteiger partial charge in [-0.25, -0.2) is 4.39 Å². The lowest BCUT2D eigenvalue weighted by Crippen LogP contribution is -2.08. The molecule has 0 atom stereocenters. The van der Waals surface area contributed by atoms with Crippen molar-refractivity contribution in [3.8, 4) is 5.75 Å². The predicted molar refractivity (Wildman–Crippen MR) is 101 cm³/mol. The molecule has 6 heteroatoms. The standard InChI is InChI=1S/C19H18FN3OS/c1-24-17-7-3-2-5-14(17)11-23-19(21)25-12-15-10-16(20)9-13-6-4-8-22-18(13)15/h2-10H,11-12H2,1H3,(H2,21,23). The number of thioether (sulfide) groups is 1. The number of aromatic nitrogens is 1. The lowest BCUT2D eigenvalue weighted by molar-refractivity contribution is 0.410. The van der Waals surface area contributed by atoms with Crippen LogP contribution in [0.25, 0.3) is 10.9 Å². The lowest BCUT2D eigenvalue weighted by Gasteiger charge is -2.07. The Kier molecular flexibility index (Phi) is 5.50. The molecule has 3 rings (SSSR count). The number of ether oxygens (including phenoxy) is 1. The van der Waals surface area contributed by atoms with Gasteiger partial charge in [0.1, 0.15) is 11.6 Å². The highest BCUT2D eigenvalue weighted by atomic mass is 32.2. The number of para-hydroxylation sites is 1. The topological polar surface area (TPSA) is 60.5 Å². The Labute approximate surface area is 149 Å². The Bertz CT molecular complexity index is 914. The summed E-state index contributed by atoms with van der Waals surface area (Å²) in [6.45, 7) is 0.436. The van der Waals surface area contributed by atoms with Gasteiger partial charge < -0.3 is 10.5 Å². The summed E-state index contributed by atoms with van der Waals surface area (Å²) in [5, 5.41) is 1.22. The fourth-order valence-corrected chi connectivity index (χ4v) is 3.21. The first-order chi connectivity index (χ1) is 12.2. The number of rotatable bonds is 5. The van der Waals surface area contributed by atoms with E-state index in [1.807, 2.05) is 30.3 Å². The van der Waals surface area contributed by atoms with Crippen molar-refractivity contribution in [2.24, 2.45) is 10.7 Å². The van der Waals surface area contributed by atoms with Gasteiger partial charge in [0, 0.05) is 22.9 Å². The molecule has 0 bridgehead atoms. The average molecular weight is 355 g/mol. The second kappa shape index (κ2) is 7.98. The Morgan fingerprint density at radius 2 is 2.04 bits per heavy atom. The van der Waals surface area contributed by atoms with E-state index in [0.29, 0.717) is 17.5 Å². The minimum absolute atomic E-state index is 0.277. The van der Waals surface area contributed by atoms with Crippen LogP contribution in [0.5, 0.6) is 5.75 Å². The van der Waals surface area contributed by atoms with E-state index in [1.165, 1.54) is 23.9 Å². The number of pyridine rings is 1. The van der Waals surface area contributed by atoms with E-state index >= 15 is 0 Å². The van der Waals surface area contributed by atoms with E-state index in [4.69, 9.17) is 10.5 Å². The van der Waals surface area contributed by atoms with Gasteiger partial charge in [0.05, 0.1) is 19.2 Å². The highest BCUT2D eigenvalue weighted by Crippen LogP contribution is 2.23. The summed E-state index contributed by atoms with van der Waals surface area (Å²) in [4.78, 5) is 8.72. The van der Waals surface area contributed by atoms with Crippen LogP contribution in [0.1, 0.15) is 11.1 Å². The predicted octanol–water partition coefficient (Wildman–Crippen LogP) is 4.13. The number of aliphatic imine (C=N–C) groups is 1. The summed E-state index contributed by atoms with van der Waals surface area (Å²) < 4.78 is 19.1. The molecule has 0 amide bonds. The summed E-state index contributed by atoms with van der Waals surface area (Å²) in [6.07, 6.45) is 1.70. The Morgan fingerprint density at radius 3 is 2.88 bits per heavy atom. The Balaban J connectivity index is 1.71. The number of nitrogens with two attached hydrogens (primary N) is 1. The molecule has 0 aliphatic carbocycles. The molecule has 0 radical (unpaired) electrons. The van der Waals surface area contributed by atoms with Crippen molar-refractivity contribution in [2.45, 2.75) is 12.3 Å². The maximum Gasteiger partial charge on any atom is 0.154 e. The third-order valence-electron chi connectivity index (χ3n) is 3.72. The molecule has 25 heavy (non-hydrogen) atoms. The zero-order valence-corrected chi connectivity index (χ0v) is 14.6. The second-order valence-electron chi connectivity index (χ2n) is 5.40. The number of fused-ring (bicyclic) bond motifs is 1. The smallest absolute Gasteiger partial charge is 0.154 e. The highest BCUT2D eigenvalue weighted by Gasteiger charge is 2.07. The third kappa shape index (κ3) is 4.28. The molecule has 0 fully saturated rings. The van der Waals surface area contributed by atoms with Gasteiger partial charge >= 0.3 is 0 Å². The molecule has 128 valence electrons. The van der Waals surface area contributed by atoms with Crippen LogP contribution in [-0.4, -0.2) is 17.3 Å². The Morgan fingerprint density at radius 1 is 1.20 bits per heavy atom. The van der Waals surface area contributed by atoms with Crippen LogP contribution >= 0.6 is 11.8 Å². The normalized spacial score (nSPS) is 11.7. The van der Waals surface area contributed by atoms with Gasteiger partial charge in [0.15, 0.2) is 5.17 Å². The summed E-state index contributed by atoms with van der Waals surface area (Å²) >= 11 is 1.37. The average Bonchev–Trinajstić information content (AvgIpc) is 2.64. The van der Waals surface area contributed by atoms with Crippen LogP contribution in [-0.2, 0) is 12.3 Å².